The molecular formula is C24H32O5. The molecule has 1 aliphatic heterocycles. The number of hydrogen-bond donors (Lipinski definition) is 1. The smallest absolute Gasteiger partial charge is 0.318 e. The summed E-state index contributed by atoms with van der Waals surface area (Å²) < 4.78 is 5.20. The average Bonchev–Trinajstić information content (AvgIpc) is 2.97. The van der Waals surface area contributed by atoms with Gasteiger partial charge in [-0.3, -0.25) is 14.4 Å². The van der Waals surface area contributed by atoms with Gasteiger partial charge in [0, 0.05) is 5.41 Å². The first-order valence-corrected chi connectivity index (χ1v) is 11.3. The van der Waals surface area contributed by atoms with Crippen molar-refractivity contribution < 1.29 is 24.2 Å². The minimum absolute atomic E-state index is 0.0319. The quantitative estimate of drug-likeness (QED) is 0.427. The molecule has 8 atom stereocenters. The molecule has 4 fully saturated rings. The van der Waals surface area contributed by atoms with Gasteiger partial charge < -0.3 is 9.84 Å². The zero-order chi connectivity index (χ0) is 20.9. The van der Waals surface area contributed by atoms with Crippen LogP contribution in [-0.2, 0) is 19.1 Å². The van der Waals surface area contributed by atoms with Crippen LogP contribution in [0.25, 0.3) is 0 Å². The molecule has 0 aromatic heterocycles. The van der Waals surface area contributed by atoms with Crippen molar-refractivity contribution in [1.82, 2.24) is 0 Å². The number of aliphatic carboxylic acids is 1. The first-order chi connectivity index (χ1) is 13.6. The highest BCUT2D eigenvalue weighted by molar-refractivity contribution is 5.98. The van der Waals surface area contributed by atoms with Crippen LogP contribution in [0.2, 0.25) is 0 Å². The molecule has 1 N–H and O–H groups in total. The van der Waals surface area contributed by atoms with Crippen molar-refractivity contribution in [3.63, 3.8) is 0 Å². The lowest BCUT2D eigenvalue weighted by Crippen LogP contribution is -2.62. The van der Waals surface area contributed by atoms with Gasteiger partial charge in [-0.25, -0.2) is 0 Å². The molecule has 5 nitrogen and oxygen atoms in total. The van der Waals surface area contributed by atoms with Crippen molar-refractivity contribution >= 4 is 17.9 Å². The van der Waals surface area contributed by atoms with Gasteiger partial charge >= 0.3 is 17.9 Å². The molecule has 158 valence electrons. The second kappa shape index (κ2) is 5.73. The summed E-state index contributed by atoms with van der Waals surface area (Å²) in [7, 11) is 0. The molecule has 6 rings (SSSR count). The molecule has 3 saturated carbocycles. The van der Waals surface area contributed by atoms with Crippen molar-refractivity contribution in [1.29, 1.82) is 0 Å². The predicted molar refractivity (Wildman–Crippen MR) is 105 cm³/mol. The maximum atomic E-state index is 12.9. The lowest BCUT2D eigenvalue weighted by atomic mass is 9.36. The Labute approximate surface area is 172 Å². The number of esters is 2. The van der Waals surface area contributed by atoms with Gasteiger partial charge in [-0.1, -0.05) is 38.8 Å². The van der Waals surface area contributed by atoms with Gasteiger partial charge in [0.25, 0.3) is 0 Å². The van der Waals surface area contributed by atoms with Crippen LogP contribution in [0, 0.1) is 51.8 Å². The number of carbonyl (C=O) groups is 3. The summed E-state index contributed by atoms with van der Waals surface area (Å²) in [5, 5.41) is 10.1. The zero-order valence-electron chi connectivity index (χ0n) is 17.9. The number of carboxylic acid groups (broad SMARTS) is 1. The number of carboxylic acids is 1. The van der Waals surface area contributed by atoms with E-state index in [2.05, 4.69) is 26.8 Å². The monoisotopic (exact) mass is 400 g/mol. The van der Waals surface area contributed by atoms with Crippen LogP contribution in [0.3, 0.4) is 0 Å². The molecule has 8 unspecified atom stereocenters. The van der Waals surface area contributed by atoms with Crippen LogP contribution in [0.1, 0.15) is 66.2 Å². The number of carbonyl (C=O) groups excluding carboxylic acids is 2. The lowest BCUT2D eigenvalue weighted by molar-refractivity contribution is -0.168. The van der Waals surface area contributed by atoms with Crippen LogP contribution in [0.15, 0.2) is 11.6 Å². The normalized spacial score (nSPS) is 50.5. The van der Waals surface area contributed by atoms with E-state index in [9.17, 15) is 19.5 Å². The maximum absolute atomic E-state index is 12.9. The van der Waals surface area contributed by atoms with Crippen LogP contribution >= 0.6 is 0 Å². The van der Waals surface area contributed by atoms with E-state index in [0.29, 0.717) is 18.3 Å². The number of hydrogen-bond acceptors (Lipinski definition) is 4. The number of allylic oxidation sites excluding steroid dienone is 2. The van der Waals surface area contributed by atoms with Crippen molar-refractivity contribution in [2.75, 3.05) is 0 Å². The molecule has 0 aromatic carbocycles. The molecule has 29 heavy (non-hydrogen) atoms. The van der Waals surface area contributed by atoms with Gasteiger partial charge in [-0.05, 0) is 68.1 Å². The Morgan fingerprint density at radius 3 is 2.55 bits per heavy atom. The first kappa shape index (κ1) is 19.3. The Hall–Kier alpha value is -1.65. The van der Waals surface area contributed by atoms with Crippen LogP contribution in [-0.4, -0.2) is 23.0 Å². The maximum Gasteiger partial charge on any atom is 0.318 e. The summed E-state index contributed by atoms with van der Waals surface area (Å²) in [5.41, 5.74) is 0.0122. The lowest BCUT2D eigenvalue weighted by Gasteiger charge is -2.66. The molecule has 5 heteroatoms. The van der Waals surface area contributed by atoms with Gasteiger partial charge in [-0.2, -0.15) is 0 Å². The SMILES string of the molecule is CC(C)C1CC23CCC4C(C)(C(=O)O)CCCC4(C)C2=CC1C1C(=O)OC(=O)C13. The molecule has 0 aromatic rings. The number of fused-ring (bicyclic) bond motifs is 2. The molecule has 5 aliphatic carbocycles. The van der Waals surface area contributed by atoms with Crippen LogP contribution in [0.5, 0.6) is 0 Å². The minimum Gasteiger partial charge on any atom is -0.481 e. The highest BCUT2D eigenvalue weighted by Gasteiger charge is 2.72. The molecular weight excluding hydrogens is 368 g/mol. The topological polar surface area (TPSA) is 80.7 Å². The van der Waals surface area contributed by atoms with Gasteiger partial charge in [0.05, 0.1) is 17.3 Å². The Kier molecular flexibility index (Phi) is 3.82. The molecule has 1 heterocycles. The third-order valence-corrected chi connectivity index (χ3v) is 9.86. The van der Waals surface area contributed by atoms with Gasteiger partial charge in [0.1, 0.15) is 0 Å². The Balaban J connectivity index is 1.69. The molecule has 1 saturated heterocycles. The van der Waals surface area contributed by atoms with Gasteiger partial charge in [0.2, 0.25) is 0 Å². The summed E-state index contributed by atoms with van der Waals surface area (Å²) in [6, 6.07) is 0. The van der Waals surface area contributed by atoms with Crippen LogP contribution < -0.4 is 0 Å². The summed E-state index contributed by atoms with van der Waals surface area (Å²) in [5.74, 6) is -1.18. The number of cyclic esters (lactones) is 2. The third-order valence-electron chi connectivity index (χ3n) is 9.86. The van der Waals surface area contributed by atoms with Crippen molar-refractivity contribution in [2.24, 2.45) is 51.8 Å². The van der Waals surface area contributed by atoms with E-state index in [-0.39, 0.29) is 46.4 Å². The van der Waals surface area contributed by atoms with E-state index in [1.165, 1.54) is 5.57 Å². The Morgan fingerprint density at radius 1 is 1.17 bits per heavy atom. The van der Waals surface area contributed by atoms with E-state index in [1.54, 1.807) is 0 Å². The standard InChI is InChI=1S/C24H32O5/c1-12(2)14-11-24-9-6-15-22(3,7-5-8-23(15,4)21(27)28)16(24)10-13(14)17-18(24)20(26)29-19(17)25/h10,12-15,17-18H,5-9,11H2,1-4H3,(H,27,28). The third kappa shape index (κ3) is 2.14. The summed E-state index contributed by atoms with van der Waals surface area (Å²) in [6.07, 6.45) is 7.42. The molecule has 6 aliphatic rings. The number of ether oxygens (including phenoxy) is 1. The Bertz CT molecular complexity index is 842. The van der Waals surface area contributed by atoms with Crippen LogP contribution in [0.4, 0.5) is 0 Å². The van der Waals surface area contributed by atoms with Crippen molar-refractivity contribution in [3.8, 4) is 0 Å². The average molecular weight is 401 g/mol. The van der Waals surface area contributed by atoms with E-state index in [4.69, 9.17) is 4.74 Å². The van der Waals surface area contributed by atoms with E-state index in [1.807, 2.05) is 6.92 Å². The van der Waals surface area contributed by atoms with E-state index in [0.717, 1.165) is 32.1 Å². The highest BCUT2D eigenvalue weighted by Crippen LogP contribution is 2.73. The fraction of sp³-hybridized carbons (Fsp3) is 0.792. The van der Waals surface area contributed by atoms with Crippen molar-refractivity contribution in [3.05, 3.63) is 11.6 Å². The summed E-state index contributed by atoms with van der Waals surface area (Å²) in [4.78, 5) is 37.8. The minimum atomic E-state index is -0.727. The largest absolute Gasteiger partial charge is 0.481 e. The fourth-order valence-electron chi connectivity index (χ4n) is 8.60. The van der Waals surface area contributed by atoms with Gasteiger partial charge in [0.15, 0.2) is 0 Å². The Morgan fingerprint density at radius 2 is 1.90 bits per heavy atom. The zero-order valence-corrected chi connectivity index (χ0v) is 17.9. The molecule has 2 bridgehead atoms. The second-order valence-electron chi connectivity index (χ2n) is 11.3. The first-order valence-electron chi connectivity index (χ1n) is 11.3. The van der Waals surface area contributed by atoms with Gasteiger partial charge in [-0.15, -0.1) is 0 Å². The van der Waals surface area contributed by atoms with E-state index < -0.39 is 11.4 Å². The fourth-order valence-corrected chi connectivity index (χ4v) is 8.60. The summed E-state index contributed by atoms with van der Waals surface area (Å²) in [6.45, 7) is 8.58. The molecule has 1 spiro atoms. The van der Waals surface area contributed by atoms with E-state index >= 15 is 0 Å². The summed E-state index contributed by atoms with van der Waals surface area (Å²) >= 11 is 0. The predicted octanol–water partition coefficient (Wildman–Crippen LogP) is 4.21. The molecule has 0 radical (unpaired) electrons. The molecule has 0 amide bonds. The van der Waals surface area contributed by atoms with Crippen molar-refractivity contribution in [2.45, 2.75) is 66.2 Å². The highest BCUT2D eigenvalue weighted by atomic mass is 16.6. The number of rotatable bonds is 2. The second-order valence-corrected chi connectivity index (χ2v) is 11.3.